The monoisotopic (exact) mass is 127 g/mol. The van der Waals surface area contributed by atoms with Crippen LogP contribution in [-0.4, -0.2) is 12.3 Å². The first-order valence-corrected chi connectivity index (χ1v) is 3.54. The second kappa shape index (κ2) is 2.97. The maximum absolute atomic E-state index is 10.2. The molecule has 1 unspecified atom stereocenters. The third-order valence-corrected chi connectivity index (χ3v) is 1.95. The maximum Gasteiger partial charge on any atom is 0.123 e. The molecular weight excluding hydrogens is 114 g/mol. The smallest absolute Gasteiger partial charge is 0.123 e. The van der Waals surface area contributed by atoms with Gasteiger partial charge < -0.3 is 10.5 Å². The van der Waals surface area contributed by atoms with Crippen molar-refractivity contribution in [2.75, 3.05) is 0 Å². The van der Waals surface area contributed by atoms with Crippen LogP contribution in [-0.2, 0) is 4.79 Å². The molecule has 0 amide bonds. The predicted molar refractivity (Wildman–Crippen MR) is 36.0 cm³/mol. The lowest BCUT2D eigenvalue weighted by Crippen LogP contribution is -2.28. The summed E-state index contributed by atoms with van der Waals surface area (Å²) in [7, 11) is 0. The number of carbonyl (C=O) groups is 1. The van der Waals surface area contributed by atoms with Crippen molar-refractivity contribution in [1.82, 2.24) is 0 Å². The molecule has 9 heavy (non-hydrogen) atoms. The van der Waals surface area contributed by atoms with Gasteiger partial charge >= 0.3 is 0 Å². The van der Waals surface area contributed by atoms with Gasteiger partial charge in [-0.15, -0.1) is 0 Å². The summed E-state index contributed by atoms with van der Waals surface area (Å²) in [6.07, 6.45) is 5.23. The fraction of sp³-hybridized carbons (Fsp3) is 0.857. The molecule has 0 aromatic heterocycles. The Hall–Kier alpha value is -0.370. The summed E-state index contributed by atoms with van der Waals surface area (Å²) < 4.78 is 0. The van der Waals surface area contributed by atoms with Gasteiger partial charge in [0.05, 0.1) is 0 Å². The summed E-state index contributed by atoms with van der Waals surface area (Å²) >= 11 is 0. The summed E-state index contributed by atoms with van der Waals surface area (Å²) in [6.45, 7) is 0. The van der Waals surface area contributed by atoms with Gasteiger partial charge in [-0.05, 0) is 19.3 Å². The molecule has 0 radical (unpaired) electrons. The van der Waals surface area contributed by atoms with Gasteiger partial charge in [-0.1, -0.05) is 6.42 Å². The van der Waals surface area contributed by atoms with E-state index in [1.54, 1.807) is 0 Å². The number of hydrogen-bond donors (Lipinski definition) is 1. The second-order valence-corrected chi connectivity index (χ2v) is 2.82. The van der Waals surface area contributed by atoms with Gasteiger partial charge in [-0.25, -0.2) is 0 Å². The van der Waals surface area contributed by atoms with Crippen molar-refractivity contribution in [2.24, 2.45) is 11.7 Å². The van der Waals surface area contributed by atoms with Gasteiger partial charge in [0.2, 0.25) is 0 Å². The molecular formula is C7H13NO. The minimum absolute atomic E-state index is 0.258. The Morgan fingerprint density at radius 3 is 2.67 bits per heavy atom. The molecule has 2 N–H and O–H groups in total. The zero-order valence-corrected chi connectivity index (χ0v) is 5.55. The highest BCUT2D eigenvalue weighted by Gasteiger charge is 2.17. The maximum atomic E-state index is 10.2. The van der Waals surface area contributed by atoms with Gasteiger partial charge in [0.1, 0.15) is 6.29 Å². The molecule has 2 atom stereocenters. The summed E-state index contributed by atoms with van der Waals surface area (Å²) in [5.74, 6) is 0.258. The quantitative estimate of drug-likeness (QED) is 0.527. The van der Waals surface area contributed by atoms with E-state index in [0.29, 0.717) is 0 Å². The molecule has 0 heterocycles. The fourth-order valence-electron chi connectivity index (χ4n) is 1.39. The molecule has 1 saturated carbocycles. The molecule has 1 aliphatic rings. The SMILES string of the molecule is N[C@@H]1CCCC(C=O)C1. The third kappa shape index (κ3) is 1.79. The van der Waals surface area contributed by atoms with Gasteiger partial charge in [0.15, 0.2) is 0 Å². The summed E-state index contributed by atoms with van der Waals surface area (Å²) in [6, 6.07) is 0.286. The lowest BCUT2D eigenvalue weighted by Gasteiger charge is -2.21. The van der Waals surface area contributed by atoms with E-state index in [2.05, 4.69) is 0 Å². The standard InChI is InChI=1S/C7H13NO/c8-7-3-1-2-6(4-7)5-9/h5-7H,1-4,8H2/t6?,7-/m1/s1. The van der Waals surface area contributed by atoms with Crippen LogP contribution in [0.3, 0.4) is 0 Å². The molecule has 1 rings (SSSR count). The summed E-state index contributed by atoms with van der Waals surface area (Å²) in [4.78, 5) is 10.2. The van der Waals surface area contributed by atoms with E-state index in [1.807, 2.05) is 0 Å². The number of aldehydes is 1. The number of nitrogens with two attached hydrogens (primary N) is 1. The van der Waals surface area contributed by atoms with Crippen molar-refractivity contribution < 1.29 is 4.79 Å². The lowest BCUT2D eigenvalue weighted by molar-refractivity contribution is -0.112. The molecule has 0 bridgehead atoms. The molecule has 1 aliphatic carbocycles. The average molecular weight is 127 g/mol. The highest BCUT2D eigenvalue weighted by molar-refractivity contribution is 5.53. The van der Waals surface area contributed by atoms with Crippen LogP contribution in [0.25, 0.3) is 0 Å². The molecule has 0 spiro atoms. The number of rotatable bonds is 1. The Morgan fingerprint density at radius 2 is 2.22 bits per heavy atom. The average Bonchev–Trinajstić information content (AvgIpc) is 1.88. The highest BCUT2D eigenvalue weighted by atomic mass is 16.1. The Morgan fingerprint density at radius 1 is 1.44 bits per heavy atom. The van der Waals surface area contributed by atoms with Gasteiger partial charge in [-0.3, -0.25) is 0 Å². The predicted octanol–water partition coefficient (Wildman–Crippen LogP) is 0.703. The molecule has 0 aromatic rings. The fourth-order valence-corrected chi connectivity index (χ4v) is 1.39. The van der Waals surface area contributed by atoms with Crippen molar-refractivity contribution in [1.29, 1.82) is 0 Å². The van der Waals surface area contributed by atoms with Crippen LogP contribution in [0.1, 0.15) is 25.7 Å². The Labute approximate surface area is 55.4 Å². The topological polar surface area (TPSA) is 43.1 Å². The molecule has 52 valence electrons. The zero-order valence-electron chi connectivity index (χ0n) is 5.55. The van der Waals surface area contributed by atoms with Crippen LogP contribution in [0.15, 0.2) is 0 Å². The summed E-state index contributed by atoms with van der Waals surface area (Å²) in [5, 5.41) is 0. The van der Waals surface area contributed by atoms with Crippen LogP contribution in [0, 0.1) is 5.92 Å². The molecule has 2 heteroatoms. The molecule has 0 aromatic carbocycles. The van der Waals surface area contributed by atoms with Gasteiger partial charge in [0.25, 0.3) is 0 Å². The van der Waals surface area contributed by atoms with Crippen molar-refractivity contribution >= 4 is 6.29 Å². The Kier molecular flexibility index (Phi) is 2.22. The van der Waals surface area contributed by atoms with Crippen molar-refractivity contribution in [2.45, 2.75) is 31.7 Å². The Bertz CT molecular complexity index is 103. The van der Waals surface area contributed by atoms with E-state index in [4.69, 9.17) is 5.73 Å². The second-order valence-electron chi connectivity index (χ2n) is 2.82. The lowest BCUT2D eigenvalue weighted by atomic mass is 9.87. The molecule has 0 saturated heterocycles. The number of hydrogen-bond acceptors (Lipinski definition) is 2. The van der Waals surface area contributed by atoms with Crippen molar-refractivity contribution in [3.05, 3.63) is 0 Å². The molecule has 1 fully saturated rings. The third-order valence-electron chi connectivity index (χ3n) is 1.95. The normalized spacial score (nSPS) is 36.1. The van der Waals surface area contributed by atoms with Crippen molar-refractivity contribution in [3.63, 3.8) is 0 Å². The summed E-state index contributed by atoms with van der Waals surface area (Å²) in [5.41, 5.74) is 5.64. The van der Waals surface area contributed by atoms with E-state index in [-0.39, 0.29) is 12.0 Å². The molecule has 2 nitrogen and oxygen atoms in total. The van der Waals surface area contributed by atoms with Crippen LogP contribution >= 0.6 is 0 Å². The van der Waals surface area contributed by atoms with Gasteiger partial charge in [0, 0.05) is 12.0 Å². The largest absolute Gasteiger partial charge is 0.328 e. The van der Waals surface area contributed by atoms with E-state index < -0.39 is 0 Å². The molecule has 0 aliphatic heterocycles. The minimum atomic E-state index is 0.258. The van der Waals surface area contributed by atoms with Crippen LogP contribution in [0.2, 0.25) is 0 Å². The van der Waals surface area contributed by atoms with Crippen LogP contribution in [0.5, 0.6) is 0 Å². The van der Waals surface area contributed by atoms with Crippen molar-refractivity contribution in [3.8, 4) is 0 Å². The van der Waals surface area contributed by atoms with Gasteiger partial charge in [-0.2, -0.15) is 0 Å². The van der Waals surface area contributed by atoms with E-state index >= 15 is 0 Å². The van der Waals surface area contributed by atoms with Crippen LogP contribution < -0.4 is 5.73 Å². The number of carbonyl (C=O) groups excluding carboxylic acids is 1. The Balaban J connectivity index is 2.31. The van der Waals surface area contributed by atoms with E-state index in [1.165, 1.54) is 0 Å². The zero-order chi connectivity index (χ0) is 6.69. The highest BCUT2D eigenvalue weighted by Crippen LogP contribution is 2.20. The minimum Gasteiger partial charge on any atom is -0.328 e. The first-order chi connectivity index (χ1) is 4.33. The van der Waals surface area contributed by atoms with Crippen LogP contribution in [0.4, 0.5) is 0 Å². The first kappa shape index (κ1) is 6.75. The van der Waals surface area contributed by atoms with E-state index in [0.717, 1.165) is 32.0 Å². The van der Waals surface area contributed by atoms with E-state index in [9.17, 15) is 4.79 Å². The first-order valence-electron chi connectivity index (χ1n) is 3.54.